The average Bonchev–Trinajstić information content (AvgIpc) is 3.21. The quantitative estimate of drug-likeness (QED) is 0.0114. The molecular formula is C46H83NO11. The first-order valence-corrected chi connectivity index (χ1v) is 22.9. The van der Waals surface area contributed by atoms with Crippen LogP contribution >= 0.6 is 0 Å². The Labute approximate surface area is 350 Å². The molecule has 0 aliphatic carbocycles. The van der Waals surface area contributed by atoms with Gasteiger partial charge in [0.15, 0.2) is 0 Å². The van der Waals surface area contributed by atoms with E-state index in [1.54, 1.807) is 0 Å². The maximum Gasteiger partial charge on any atom is 0.330 e. The number of hydrogen-bond donors (Lipinski definition) is 6. The molecule has 0 rings (SSSR count). The molecule has 0 radical (unpaired) electrons. The van der Waals surface area contributed by atoms with Crippen molar-refractivity contribution in [3.8, 4) is 0 Å². The zero-order valence-electron chi connectivity index (χ0n) is 36.3. The van der Waals surface area contributed by atoms with Crippen LogP contribution in [0.2, 0.25) is 0 Å². The molecule has 0 spiro atoms. The normalized spacial score (nSPS) is 14.4. The molecule has 0 aromatic carbocycles. The Morgan fingerprint density at radius 2 is 0.845 bits per heavy atom. The fourth-order valence-electron chi connectivity index (χ4n) is 6.50. The lowest BCUT2D eigenvalue weighted by atomic mass is 10.1. The Kier molecular flexibility index (Phi) is 38.2. The number of carbonyl (C=O) groups is 4. The van der Waals surface area contributed by atoms with Crippen LogP contribution in [0.5, 0.6) is 0 Å². The highest BCUT2D eigenvalue weighted by Crippen LogP contribution is 2.14. The van der Waals surface area contributed by atoms with Gasteiger partial charge in [0, 0.05) is 19.3 Å². The largest absolute Gasteiger partial charge is 0.394 e. The van der Waals surface area contributed by atoms with E-state index in [1.807, 2.05) is 0 Å². The number of ether oxygens (including phenoxy) is 2. The van der Waals surface area contributed by atoms with E-state index in [0.29, 0.717) is 12.8 Å². The SMILES string of the molecule is CCCCCCCC/C=C\CCCCCCCC(=O)OC(=O)CC[C@H](N[C@H](O)[C@H](O)[C@H](O)[C@H](O)CO)C(=O)OC(=O)CCCCCCC/C=C\CCCCCCCC. The summed E-state index contributed by atoms with van der Waals surface area (Å²) >= 11 is 0. The summed E-state index contributed by atoms with van der Waals surface area (Å²) in [6, 6.07) is -1.52. The summed E-state index contributed by atoms with van der Waals surface area (Å²) in [5, 5.41) is 51.7. The van der Waals surface area contributed by atoms with Gasteiger partial charge in [-0.25, -0.2) is 4.79 Å². The van der Waals surface area contributed by atoms with Gasteiger partial charge < -0.3 is 35.0 Å². The van der Waals surface area contributed by atoms with Gasteiger partial charge in [-0.2, -0.15) is 0 Å². The molecule has 0 fully saturated rings. The molecule has 12 nitrogen and oxygen atoms in total. The molecule has 0 aliphatic heterocycles. The molecule has 12 heteroatoms. The van der Waals surface area contributed by atoms with E-state index in [0.717, 1.165) is 77.0 Å². The molecule has 0 saturated carbocycles. The Bertz CT molecular complexity index is 1080. The van der Waals surface area contributed by atoms with Crippen molar-refractivity contribution in [3.63, 3.8) is 0 Å². The molecule has 0 aromatic heterocycles. The van der Waals surface area contributed by atoms with Crippen molar-refractivity contribution in [2.45, 2.75) is 237 Å². The molecule has 58 heavy (non-hydrogen) atoms. The van der Waals surface area contributed by atoms with E-state index < -0.39 is 67.5 Å². The van der Waals surface area contributed by atoms with Crippen LogP contribution in [0.4, 0.5) is 0 Å². The van der Waals surface area contributed by atoms with Gasteiger partial charge in [-0.15, -0.1) is 0 Å². The van der Waals surface area contributed by atoms with Crippen LogP contribution in [0.3, 0.4) is 0 Å². The molecular weight excluding hydrogens is 743 g/mol. The minimum absolute atomic E-state index is 0.0178. The Hall–Kier alpha value is -2.48. The average molecular weight is 826 g/mol. The number of esters is 4. The van der Waals surface area contributed by atoms with E-state index in [2.05, 4.69) is 43.5 Å². The minimum atomic E-state index is -2.05. The van der Waals surface area contributed by atoms with Gasteiger partial charge in [-0.1, -0.05) is 141 Å². The number of carbonyl (C=O) groups excluding carboxylic acids is 4. The van der Waals surface area contributed by atoms with Crippen molar-refractivity contribution < 1.29 is 54.2 Å². The van der Waals surface area contributed by atoms with Crippen molar-refractivity contribution in [2.24, 2.45) is 0 Å². The van der Waals surface area contributed by atoms with Gasteiger partial charge in [0.2, 0.25) is 0 Å². The first kappa shape index (κ1) is 55.5. The van der Waals surface area contributed by atoms with E-state index in [-0.39, 0.29) is 19.3 Å². The van der Waals surface area contributed by atoms with Crippen LogP contribution in [-0.4, -0.2) is 86.6 Å². The van der Waals surface area contributed by atoms with Crippen LogP contribution in [0.1, 0.15) is 206 Å². The fraction of sp³-hybridized carbons (Fsp3) is 0.826. The highest BCUT2D eigenvalue weighted by molar-refractivity contribution is 5.89. The maximum absolute atomic E-state index is 13.0. The van der Waals surface area contributed by atoms with Crippen LogP contribution in [-0.2, 0) is 28.7 Å². The predicted octanol–water partition coefficient (Wildman–Crippen LogP) is 8.33. The summed E-state index contributed by atoms with van der Waals surface area (Å²) in [5.41, 5.74) is 0. The van der Waals surface area contributed by atoms with E-state index >= 15 is 0 Å². The van der Waals surface area contributed by atoms with Crippen molar-refractivity contribution in [3.05, 3.63) is 24.3 Å². The molecule has 338 valence electrons. The first-order valence-electron chi connectivity index (χ1n) is 22.9. The molecule has 0 aromatic rings. The van der Waals surface area contributed by atoms with E-state index in [4.69, 9.17) is 14.6 Å². The standard InChI is InChI=1S/C46H83NO11/c1-3-5-7-9-11-13-15-17-19-21-23-25-27-29-31-33-40(50)57-42(52)36-35-38(47-45(55)44(54)43(53)39(49)37-48)46(56)58-41(51)34-32-30-28-26-24-22-20-18-16-14-12-10-8-6-4-2/h17-20,38-39,43-45,47-49,53-55H,3-16,21-37H2,1-2H3/b19-17-,20-18-/t38-,39+,43+,44+,45+/m0/s1. The van der Waals surface area contributed by atoms with E-state index in [9.17, 15) is 39.6 Å². The Morgan fingerprint density at radius 1 is 0.483 bits per heavy atom. The second-order valence-corrected chi connectivity index (χ2v) is 15.7. The number of aliphatic hydroxyl groups excluding tert-OH is 5. The van der Waals surface area contributed by atoms with Gasteiger partial charge in [0.05, 0.1) is 6.61 Å². The van der Waals surface area contributed by atoms with Gasteiger partial charge >= 0.3 is 23.9 Å². The fourth-order valence-corrected chi connectivity index (χ4v) is 6.50. The van der Waals surface area contributed by atoms with Crippen molar-refractivity contribution in [2.75, 3.05) is 6.61 Å². The lowest BCUT2D eigenvalue weighted by molar-refractivity contribution is -0.164. The van der Waals surface area contributed by atoms with Crippen LogP contribution in [0.15, 0.2) is 24.3 Å². The number of rotatable bonds is 40. The van der Waals surface area contributed by atoms with Crippen LogP contribution in [0.25, 0.3) is 0 Å². The number of nitrogens with one attached hydrogen (secondary N) is 1. The summed E-state index contributed by atoms with van der Waals surface area (Å²) in [4.78, 5) is 50.2. The third-order valence-electron chi connectivity index (χ3n) is 10.3. The van der Waals surface area contributed by atoms with Gasteiger partial charge in [0.1, 0.15) is 30.6 Å². The number of unbranched alkanes of at least 4 members (excludes halogenated alkanes) is 22. The molecule has 0 amide bonds. The molecule has 5 atom stereocenters. The second kappa shape index (κ2) is 40.0. The van der Waals surface area contributed by atoms with Gasteiger partial charge in [-0.05, 0) is 70.6 Å². The molecule has 0 aliphatic rings. The first-order chi connectivity index (χ1) is 28.1. The van der Waals surface area contributed by atoms with Gasteiger partial charge in [-0.3, -0.25) is 19.7 Å². The number of hydrogen-bond acceptors (Lipinski definition) is 12. The zero-order chi connectivity index (χ0) is 43.1. The predicted molar refractivity (Wildman–Crippen MR) is 228 cm³/mol. The molecule has 0 saturated heterocycles. The van der Waals surface area contributed by atoms with Crippen molar-refractivity contribution in [1.29, 1.82) is 0 Å². The summed E-state index contributed by atoms with van der Waals surface area (Å²) in [6.45, 7) is 3.55. The summed E-state index contributed by atoms with van der Waals surface area (Å²) in [6.07, 6.45) is 29.1. The molecule has 6 N–H and O–H groups in total. The maximum atomic E-state index is 13.0. The van der Waals surface area contributed by atoms with Crippen molar-refractivity contribution >= 4 is 23.9 Å². The molecule has 0 bridgehead atoms. The third-order valence-corrected chi connectivity index (χ3v) is 10.3. The molecule has 0 unspecified atom stereocenters. The smallest absolute Gasteiger partial charge is 0.330 e. The summed E-state index contributed by atoms with van der Waals surface area (Å²) in [5.74, 6) is -3.53. The highest BCUT2D eigenvalue weighted by atomic mass is 16.6. The minimum Gasteiger partial charge on any atom is -0.394 e. The third kappa shape index (κ3) is 33.4. The number of allylic oxidation sites excluding steroid dienone is 4. The van der Waals surface area contributed by atoms with E-state index in [1.165, 1.54) is 77.0 Å². The monoisotopic (exact) mass is 826 g/mol. The summed E-state index contributed by atoms with van der Waals surface area (Å²) in [7, 11) is 0. The lowest BCUT2D eigenvalue weighted by Crippen LogP contribution is -2.55. The highest BCUT2D eigenvalue weighted by Gasteiger charge is 2.34. The Morgan fingerprint density at radius 3 is 1.26 bits per heavy atom. The lowest BCUT2D eigenvalue weighted by Gasteiger charge is -2.28. The topological polar surface area (TPSA) is 200 Å². The van der Waals surface area contributed by atoms with Crippen molar-refractivity contribution in [1.82, 2.24) is 5.32 Å². The van der Waals surface area contributed by atoms with Crippen LogP contribution in [0, 0.1) is 0 Å². The summed E-state index contributed by atoms with van der Waals surface area (Å²) < 4.78 is 9.88. The Balaban J connectivity index is 4.56. The zero-order valence-corrected chi connectivity index (χ0v) is 36.3. The van der Waals surface area contributed by atoms with Gasteiger partial charge in [0.25, 0.3) is 0 Å². The second-order valence-electron chi connectivity index (χ2n) is 15.7. The number of aliphatic hydroxyl groups is 5. The van der Waals surface area contributed by atoms with Crippen LogP contribution < -0.4 is 5.32 Å². The molecule has 0 heterocycles.